The first-order chi connectivity index (χ1) is 6.34. The maximum atomic E-state index is 11.7. The molecule has 1 rings (SSSR count). The van der Waals surface area contributed by atoms with Crippen LogP contribution in [0.4, 0.5) is 4.79 Å². The molecule has 1 fully saturated rings. The summed E-state index contributed by atoms with van der Waals surface area (Å²) in [5.41, 5.74) is -0.948. The number of hydrogen-bond acceptors (Lipinski definition) is 4. The van der Waals surface area contributed by atoms with E-state index in [1.807, 2.05) is 0 Å². The van der Waals surface area contributed by atoms with E-state index in [9.17, 15) is 14.2 Å². The second-order valence-electron chi connectivity index (χ2n) is 3.51. The minimum Gasteiger partial charge on any atom is -0.318 e. The van der Waals surface area contributed by atoms with Crippen molar-refractivity contribution >= 4 is 20.1 Å². The van der Waals surface area contributed by atoms with Gasteiger partial charge in [-0.3, -0.25) is 9.36 Å². The second kappa shape index (κ2) is 3.37. The van der Waals surface area contributed by atoms with E-state index >= 15 is 0 Å². The molecule has 1 saturated heterocycles. The van der Waals surface area contributed by atoms with Crippen molar-refractivity contribution in [1.82, 2.24) is 9.57 Å². The Morgan fingerprint density at radius 3 is 2.14 bits per heavy atom. The summed E-state index contributed by atoms with van der Waals surface area (Å²) in [6, 6.07) is -0.578. The van der Waals surface area contributed by atoms with E-state index in [2.05, 4.69) is 4.52 Å². The van der Waals surface area contributed by atoms with Crippen LogP contribution in [0.3, 0.4) is 0 Å². The molecule has 0 spiro atoms. The molecule has 0 aromatic rings. The van der Waals surface area contributed by atoms with E-state index in [-0.39, 0.29) is 0 Å². The molecular formula is C7H13N2O4P. The highest BCUT2D eigenvalue weighted by Gasteiger charge is 2.51. The average molecular weight is 220 g/mol. The van der Waals surface area contributed by atoms with Crippen molar-refractivity contribution in [2.45, 2.75) is 19.4 Å². The number of carbonyl (C=O) groups is 2. The van der Waals surface area contributed by atoms with Crippen molar-refractivity contribution in [3.63, 3.8) is 0 Å². The number of nitrogens with zero attached hydrogens (tertiary/aromatic N) is 2. The van der Waals surface area contributed by atoms with E-state index < -0.39 is 25.7 Å². The fourth-order valence-corrected chi connectivity index (χ4v) is 2.07. The standard InChI is InChI=1S/C7H13N2O4P/c1-7(2)5(10)9(14(12)13-4)6(11)8(7)3/h14H,1-4H3. The molecule has 0 bridgehead atoms. The van der Waals surface area contributed by atoms with Gasteiger partial charge in [0, 0.05) is 14.2 Å². The van der Waals surface area contributed by atoms with E-state index in [1.165, 1.54) is 19.1 Å². The Labute approximate surface area is 82.7 Å². The number of amides is 3. The van der Waals surface area contributed by atoms with Crippen LogP contribution >= 0.6 is 8.18 Å². The summed E-state index contributed by atoms with van der Waals surface area (Å²) in [5, 5.41) is 0. The lowest BCUT2D eigenvalue weighted by atomic mass is 10.1. The average Bonchev–Trinajstić information content (AvgIpc) is 2.28. The topological polar surface area (TPSA) is 66.9 Å². The van der Waals surface area contributed by atoms with Gasteiger partial charge in [0.15, 0.2) is 0 Å². The first kappa shape index (κ1) is 11.2. The molecule has 6 nitrogen and oxygen atoms in total. The van der Waals surface area contributed by atoms with Crippen molar-refractivity contribution in [3.8, 4) is 0 Å². The maximum absolute atomic E-state index is 11.7. The van der Waals surface area contributed by atoms with Crippen molar-refractivity contribution in [3.05, 3.63) is 0 Å². The molecule has 0 aliphatic carbocycles. The Hall–Kier alpha value is -0.870. The molecule has 1 aliphatic rings. The number of hydrogen-bond donors (Lipinski definition) is 0. The zero-order valence-corrected chi connectivity index (χ0v) is 9.53. The van der Waals surface area contributed by atoms with Crippen molar-refractivity contribution in [2.75, 3.05) is 14.2 Å². The Balaban J connectivity index is 3.08. The van der Waals surface area contributed by atoms with E-state index in [4.69, 9.17) is 0 Å². The lowest BCUT2D eigenvalue weighted by Crippen LogP contribution is -2.41. The van der Waals surface area contributed by atoms with E-state index in [0.717, 1.165) is 0 Å². The molecule has 0 radical (unpaired) electrons. The van der Waals surface area contributed by atoms with Gasteiger partial charge in [-0.05, 0) is 13.8 Å². The van der Waals surface area contributed by atoms with Gasteiger partial charge >= 0.3 is 6.03 Å². The fraction of sp³-hybridized carbons (Fsp3) is 0.714. The van der Waals surface area contributed by atoms with Gasteiger partial charge in [0.1, 0.15) is 5.54 Å². The largest absolute Gasteiger partial charge is 0.334 e. The highest BCUT2D eigenvalue weighted by Crippen LogP contribution is 2.38. The van der Waals surface area contributed by atoms with Crippen LogP contribution in [-0.2, 0) is 13.9 Å². The maximum Gasteiger partial charge on any atom is 0.334 e. The normalized spacial score (nSPS) is 23.1. The summed E-state index contributed by atoms with van der Waals surface area (Å²) < 4.78 is 16.5. The summed E-state index contributed by atoms with van der Waals surface area (Å²) in [4.78, 5) is 24.4. The summed E-state index contributed by atoms with van der Waals surface area (Å²) in [6.07, 6.45) is 0. The summed E-state index contributed by atoms with van der Waals surface area (Å²) in [7, 11) is -0.0714. The third kappa shape index (κ3) is 1.35. The van der Waals surface area contributed by atoms with Crippen LogP contribution < -0.4 is 0 Å². The van der Waals surface area contributed by atoms with Gasteiger partial charge in [-0.25, -0.2) is 4.79 Å². The smallest absolute Gasteiger partial charge is 0.318 e. The number of rotatable bonds is 2. The first-order valence-corrected chi connectivity index (χ1v) is 5.30. The van der Waals surface area contributed by atoms with Crippen LogP contribution in [0.2, 0.25) is 0 Å². The Kier molecular flexibility index (Phi) is 2.69. The van der Waals surface area contributed by atoms with Gasteiger partial charge in [-0.15, -0.1) is 0 Å². The Morgan fingerprint density at radius 2 is 1.86 bits per heavy atom. The van der Waals surface area contributed by atoms with Crippen LogP contribution in [0, 0.1) is 0 Å². The van der Waals surface area contributed by atoms with Crippen LogP contribution in [0.1, 0.15) is 13.8 Å². The number of carbonyl (C=O) groups excluding carboxylic acids is 2. The Bertz CT molecular complexity index is 315. The lowest BCUT2D eigenvalue weighted by molar-refractivity contribution is -0.128. The monoisotopic (exact) mass is 220 g/mol. The zero-order chi connectivity index (χ0) is 11.1. The third-order valence-electron chi connectivity index (χ3n) is 2.40. The highest BCUT2D eigenvalue weighted by molar-refractivity contribution is 7.38. The van der Waals surface area contributed by atoms with Crippen molar-refractivity contribution in [1.29, 1.82) is 0 Å². The molecule has 1 unspecified atom stereocenters. The molecular weight excluding hydrogens is 207 g/mol. The van der Waals surface area contributed by atoms with Crippen molar-refractivity contribution in [2.24, 2.45) is 0 Å². The molecule has 0 N–H and O–H groups in total. The molecule has 7 heteroatoms. The lowest BCUT2D eigenvalue weighted by Gasteiger charge is -2.22. The van der Waals surface area contributed by atoms with Gasteiger partial charge in [-0.1, -0.05) is 0 Å². The molecule has 3 amide bonds. The van der Waals surface area contributed by atoms with Crippen molar-refractivity contribution < 1.29 is 18.7 Å². The zero-order valence-electron chi connectivity index (χ0n) is 8.53. The minimum atomic E-state index is -2.76. The van der Waals surface area contributed by atoms with Crippen LogP contribution in [-0.4, -0.2) is 41.2 Å². The van der Waals surface area contributed by atoms with Gasteiger partial charge < -0.3 is 9.42 Å². The quantitative estimate of drug-likeness (QED) is 0.507. The van der Waals surface area contributed by atoms with E-state index in [1.54, 1.807) is 13.8 Å². The first-order valence-electron chi connectivity index (χ1n) is 4.04. The summed E-state index contributed by atoms with van der Waals surface area (Å²) >= 11 is 0. The van der Waals surface area contributed by atoms with Crippen LogP contribution in [0.5, 0.6) is 0 Å². The molecule has 0 aromatic carbocycles. The molecule has 0 aromatic heterocycles. The molecule has 1 heterocycles. The molecule has 0 saturated carbocycles. The van der Waals surface area contributed by atoms with Gasteiger partial charge in [-0.2, -0.15) is 4.67 Å². The molecule has 1 atom stereocenters. The van der Waals surface area contributed by atoms with Crippen LogP contribution in [0.25, 0.3) is 0 Å². The second-order valence-corrected chi connectivity index (χ2v) is 4.90. The number of imide groups is 1. The summed E-state index contributed by atoms with van der Waals surface area (Å²) in [6.45, 7) is 3.19. The predicted molar refractivity (Wildman–Crippen MR) is 50.1 cm³/mol. The molecule has 80 valence electrons. The predicted octanol–water partition coefficient (Wildman–Crippen LogP) is 0.695. The van der Waals surface area contributed by atoms with Gasteiger partial charge in [0.25, 0.3) is 14.1 Å². The molecule has 1 aliphatic heterocycles. The number of likely N-dealkylation sites (N-methyl/N-ethyl adjacent to an activating group) is 1. The SMILES string of the molecule is CO[PH](=O)N1C(=O)N(C)C(C)(C)C1=O. The van der Waals surface area contributed by atoms with Crippen LogP contribution in [0.15, 0.2) is 0 Å². The fourth-order valence-electron chi connectivity index (χ4n) is 1.15. The summed E-state index contributed by atoms with van der Waals surface area (Å²) in [5.74, 6) is -0.490. The highest BCUT2D eigenvalue weighted by atomic mass is 31.1. The third-order valence-corrected chi connectivity index (χ3v) is 3.51. The Morgan fingerprint density at radius 1 is 1.36 bits per heavy atom. The molecule has 14 heavy (non-hydrogen) atoms. The van der Waals surface area contributed by atoms with Gasteiger partial charge in [0.05, 0.1) is 0 Å². The van der Waals surface area contributed by atoms with E-state index in [0.29, 0.717) is 4.67 Å². The minimum absolute atomic E-state index is 0.490. The number of urea groups is 1. The van der Waals surface area contributed by atoms with Gasteiger partial charge in [0.2, 0.25) is 0 Å².